The van der Waals surface area contributed by atoms with E-state index in [1.807, 2.05) is 49.8 Å². The van der Waals surface area contributed by atoms with Gasteiger partial charge in [-0.15, -0.1) is 10.2 Å². The van der Waals surface area contributed by atoms with E-state index in [4.69, 9.17) is 29.2 Å². The van der Waals surface area contributed by atoms with Gasteiger partial charge < -0.3 is 47.2 Å². The maximum absolute atomic E-state index is 13.5. The van der Waals surface area contributed by atoms with Crippen LogP contribution in [0.15, 0.2) is 125 Å². The number of amides is 3. The number of rotatable bonds is 24. The lowest BCUT2D eigenvalue weighted by Gasteiger charge is -2.34. The first-order valence-corrected chi connectivity index (χ1v) is 45.6. The summed E-state index contributed by atoms with van der Waals surface area (Å²) < 4.78 is 192. The molecule has 9 aromatic heterocycles. The summed E-state index contributed by atoms with van der Waals surface area (Å²) in [5, 5.41) is 8.86. The van der Waals surface area contributed by atoms with Gasteiger partial charge in [0.1, 0.15) is 56.9 Å². The molecule has 128 heavy (non-hydrogen) atoms. The second-order valence-corrected chi connectivity index (χ2v) is 42.7. The lowest BCUT2D eigenvalue weighted by atomic mass is 9.94. The van der Waals surface area contributed by atoms with Gasteiger partial charge in [0, 0.05) is 130 Å². The maximum Gasteiger partial charge on any atom is 0.397 e. The molecule has 0 unspecified atom stereocenters. The Morgan fingerprint density at radius 1 is 0.469 bits per heavy atom. The van der Waals surface area contributed by atoms with Crippen molar-refractivity contribution in [2.45, 2.75) is 214 Å². The van der Waals surface area contributed by atoms with Crippen LogP contribution in [0.25, 0.3) is 17.5 Å². The molecule has 6 fully saturated rings. The van der Waals surface area contributed by atoms with Crippen LogP contribution in [-0.4, -0.2) is 164 Å². The van der Waals surface area contributed by atoms with Gasteiger partial charge in [0.15, 0.2) is 11.6 Å². The molecule has 3 saturated heterocycles. The summed E-state index contributed by atoms with van der Waals surface area (Å²) in [4.78, 5) is 61.1. The van der Waals surface area contributed by atoms with Crippen LogP contribution in [0.1, 0.15) is 196 Å². The minimum absolute atomic E-state index is 0. The molecule has 3 N–H and O–H groups in total. The number of alkyl halides is 6. The molecule has 3 aliphatic carbocycles. The normalized spacial score (nSPS) is 18.8. The Morgan fingerprint density at radius 3 is 1.23 bits per heavy atom. The number of ether oxygens (including phenoxy) is 3. The van der Waals surface area contributed by atoms with Crippen LogP contribution in [0.2, 0.25) is 0 Å². The van der Waals surface area contributed by atoms with Gasteiger partial charge in [0.05, 0.1) is 40.3 Å². The number of hydrogen-bond donors (Lipinski definition) is 3. The van der Waals surface area contributed by atoms with Crippen LogP contribution < -0.4 is 43.1 Å². The smallest absolute Gasteiger partial charge is 0.397 e. The third-order valence-electron chi connectivity index (χ3n) is 25.3. The summed E-state index contributed by atoms with van der Waals surface area (Å²) in [7, 11) is -7.24. The predicted octanol–water partition coefficient (Wildman–Crippen LogP) is 15.4. The number of pyridine rings is 3. The summed E-state index contributed by atoms with van der Waals surface area (Å²) in [6, 6.07) is 15.6. The number of anilines is 3. The van der Waals surface area contributed by atoms with E-state index >= 15 is 0 Å². The maximum atomic E-state index is 13.5. The Hall–Kier alpha value is -9.32. The van der Waals surface area contributed by atoms with Crippen molar-refractivity contribution in [3.63, 3.8) is 0 Å². The molecule has 41 heteroatoms. The SMILES string of the molecule is C.Cc1c(S(=O)(=O)NC(=O)c2ccc(-n3ccc(OCC(C)(C)C(F)(F)F)c3)nc2N2C[C@@H](C)CC2(C)C)ccn1C.Cc1cn(C)c(C)c1S(=O)(=O)NC(=O)c1ccc(-n2ccc(OCC(C)(C)C(F)(F)F)n2)nc1N1C[C@@H](C)CC1(C)C.Cc1cn(C)cc1S(=O)(=O)NC(=O)c1ccc(-n2ccc(OCC3C4(CC4)C34CC4)n2)nc1N1C[C@@H](C)CC1(C)C.S.S.S. The minimum atomic E-state index is -4.45. The van der Waals surface area contributed by atoms with Gasteiger partial charge in [0.25, 0.3) is 47.8 Å². The Kier molecular flexibility index (Phi) is 29.2. The topological polar surface area (TPSA) is 321 Å². The second kappa shape index (κ2) is 36.4. The molecule has 0 bridgehead atoms. The molecule has 0 radical (unpaired) electrons. The van der Waals surface area contributed by atoms with Crippen molar-refractivity contribution < 1.29 is 80.2 Å². The zero-order chi connectivity index (χ0) is 90.9. The molecule has 3 amide bonds. The van der Waals surface area contributed by atoms with Crippen molar-refractivity contribution in [2.24, 2.45) is 66.5 Å². The number of nitrogens with zero attached hydrogens (tertiary/aromatic N) is 14. The van der Waals surface area contributed by atoms with Gasteiger partial charge in [-0.25, -0.2) is 63.7 Å². The highest BCUT2D eigenvalue weighted by atomic mass is 32.2. The van der Waals surface area contributed by atoms with Crippen LogP contribution in [0, 0.1) is 73.0 Å². The fourth-order valence-corrected chi connectivity index (χ4v) is 22.1. The summed E-state index contributed by atoms with van der Waals surface area (Å²) in [5.74, 6) is 2.26. The predicted molar refractivity (Wildman–Crippen MR) is 492 cm³/mol. The number of fused-ring (bicyclic) bond motifs is 1. The summed E-state index contributed by atoms with van der Waals surface area (Å²) in [5.41, 5.74) is -1.59. The zero-order valence-electron chi connectivity index (χ0n) is 75.0. The molecule has 6 aliphatic rings. The Bertz CT molecular complexity index is 5960. The van der Waals surface area contributed by atoms with Gasteiger partial charge in [-0.1, -0.05) is 28.2 Å². The average molecular weight is 1900 g/mol. The number of sulfonamides is 3. The molecular formula is C87H121F6N17O12S6. The van der Waals surface area contributed by atoms with E-state index < -0.39 is 89.7 Å². The minimum Gasteiger partial charge on any atom is -0.491 e. The van der Waals surface area contributed by atoms with Crippen molar-refractivity contribution in [3.8, 4) is 35.0 Å². The zero-order valence-corrected chi connectivity index (χ0v) is 80.5. The molecule has 15 rings (SSSR count). The van der Waals surface area contributed by atoms with E-state index in [-0.39, 0.29) is 120 Å². The van der Waals surface area contributed by atoms with Crippen molar-refractivity contribution in [1.82, 2.24) is 66.9 Å². The standard InChI is InChI=1S/C30H38N6O4S.C28H37F3N6O4S.C28H36F3N5O4S.CH4.3H2S/c1-19-14-28(3,4)35(15-19)26-21(27(37)33-41(38,39)22-17-34(5)16-20(22)2)6-7-24(31-26)36-13-8-25(32-36)40-18-23-29(9-10-29)30(23)11-12-30;1-17-13-27(6,7)36(14-17)24-20(25(38)34-42(39,40)23-18(2)15-35(8)19(23)3)9-10-21(32-24)37-12-11-22(33-37)41-16-26(4,5)28(29,30)31;1-18-14-27(5,6)36(15-18)24-21(25(37)33-41(38,39)22-11-12-34(7)19(22)2)8-9-23(32-24)35-13-10-20(16-35)40-17-26(3,4)28(29,30)31;;;;/h6-8,13,16-17,19,23H,9-12,14-15,18H2,1-5H3,(H,33,37);9-12,15,17H,13-14,16H2,1-8H3,(H,34,38);8-13,16,18H,14-15,17H2,1-7H3,(H,33,37);1H4;3*1H2/t19-;17-;18-;;;;/m000..../s1. The van der Waals surface area contributed by atoms with Gasteiger partial charge in [0.2, 0.25) is 11.8 Å². The van der Waals surface area contributed by atoms with Crippen molar-refractivity contribution in [3.05, 3.63) is 149 Å². The van der Waals surface area contributed by atoms with Gasteiger partial charge in [-0.2, -0.15) is 66.8 Å². The van der Waals surface area contributed by atoms with Crippen LogP contribution in [-0.2, 0) is 51.2 Å². The Balaban J connectivity index is 0.000000213. The molecule has 704 valence electrons. The number of carbonyl (C=O) groups is 3. The summed E-state index contributed by atoms with van der Waals surface area (Å²) in [6.07, 6.45) is 12.0. The number of nitrogens with one attached hydrogen (secondary N) is 3. The van der Waals surface area contributed by atoms with Crippen LogP contribution in [0.5, 0.6) is 17.5 Å². The molecule has 12 heterocycles. The van der Waals surface area contributed by atoms with Crippen LogP contribution in [0.3, 0.4) is 0 Å². The van der Waals surface area contributed by atoms with Gasteiger partial charge >= 0.3 is 12.4 Å². The highest BCUT2D eigenvalue weighted by Gasteiger charge is 2.86. The number of halogens is 6. The lowest BCUT2D eigenvalue weighted by molar-refractivity contribution is -0.220. The van der Waals surface area contributed by atoms with E-state index in [0.717, 1.165) is 47.0 Å². The van der Waals surface area contributed by atoms with Crippen LogP contribution >= 0.6 is 40.5 Å². The first-order valence-electron chi connectivity index (χ1n) is 41.2. The van der Waals surface area contributed by atoms with E-state index in [0.29, 0.717) is 106 Å². The monoisotopic (exact) mass is 1900 g/mol. The molecule has 3 aliphatic heterocycles. The molecular weight excluding hydrogens is 1780 g/mol. The molecule has 0 aromatic carbocycles. The highest BCUT2D eigenvalue weighted by Crippen LogP contribution is 2.92. The molecule has 3 saturated carbocycles. The fraction of sp³-hybridized carbons (Fsp3) is 0.540. The highest BCUT2D eigenvalue weighted by molar-refractivity contribution is 7.90. The number of carbonyl (C=O) groups excluding carboxylic acids is 3. The van der Waals surface area contributed by atoms with E-state index in [1.165, 1.54) is 85.4 Å². The quantitative estimate of drug-likeness (QED) is 0.0473. The molecule has 3 atom stereocenters. The van der Waals surface area contributed by atoms with Crippen molar-refractivity contribution in [2.75, 3.05) is 54.2 Å². The first kappa shape index (κ1) is 102. The van der Waals surface area contributed by atoms with E-state index in [1.54, 1.807) is 115 Å². The average Bonchev–Trinajstić information content (AvgIpc) is 1.44. The van der Waals surface area contributed by atoms with E-state index in [2.05, 4.69) is 63.9 Å². The fourth-order valence-electron chi connectivity index (χ4n) is 18.2. The largest absolute Gasteiger partial charge is 0.491 e. The first-order chi connectivity index (χ1) is 57.4. The number of aryl methyl sites for hydroxylation is 5. The summed E-state index contributed by atoms with van der Waals surface area (Å²) >= 11 is 0. The molecule has 2 spiro atoms. The number of hydrogen-bond acceptors (Lipinski definition) is 20. The van der Waals surface area contributed by atoms with E-state index in [9.17, 15) is 66.0 Å². The summed E-state index contributed by atoms with van der Waals surface area (Å²) in [6.45, 7) is 31.0. The van der Waals surface area contributed by atoms with Gasteiger partial charge in [-0.3, -0.25) is 14.4 Å². The third-order valence-corrected chi connectivity index (χ3v) is 29.9. The van der Waals surface area contributed by atoms with Crippen LogP contribution in [0.4, 0.5) is 43.8 Å². The van der Waals surface area contributed by atoms with Crippen molar-refractivity contribution >= 4 is 106 Å². The molecule has 29 nitrogen and oxygen atoms in total. The lowest BCUT2D eigenvalue weighted by Crippen LogP contribution is -2.41. The van der Waals surface area contributed by atoms with Gasteiger partial charge in [-0.05, 0) is 230 Å². The Labute approximate surface area is 766 Å². The third kappa shape index (κ3) is 20.5. The Morgan fingerprint density at radius 2 is 0.867 bits per heavy atom. The number of aromatic nitrogens is 11. The second-order valence-electron chi connectivity index (χ2n) is 37.8. The van der Waals surface area contributed by atoms with Crippen molar-refractivity contribution in [1.29, 1.82) is 0 Å². The molecule has 9 aromatic rings.